The Kier molecular flexibility index (Phi) is 7.79. The quantitative estimate of drug-likeness (QED) is 0.364. The van der Waals surface area contributed by atoms with E-state index in [1.807, 2.05) is 29.2 Å². The number of likely N-dealkylation sites (tertiary alicyclic amines) is 1. The standard InChI is InChI=1S/C31H31ClF2N4O3/c32-22-3-1-20(2-4-22)27-18-37(30(39)21-13-15-36(16-14-21)29-12-7-24(34)17-35-29)19-28(27)38(25-8-9-25)31(40)41-26-10-5-23(33)6-11-26/h1-7,10-12,17,21,25,27-28H,8-9,13-16,18-19H2/t27?,28-/m1/s1. The first-order chi connectivity index (χ1) is 19.9. The number of hydrogen-bond acceptors (Lipinski definition) is 5. The molecule has 1 unspecified atom stereocenters. The number of halogens is 3. The lowest BCUT2D eigenvalue weighted by Crippen LogP contribution is -2.48. The van der Waals surface area contributed by atoms with Crippen molar-refractivity contribution in [3.05, 3.63) is 89.1 Å². The number of rotatable bonds is 6. The number of benzene rings is 2. The molecule has 3 aliphatic rings. The van der Waals surface area contributed by atoms with Crippen LogP contribution in [0, 0.1) is 17.6 Å². The Morgan fingerprint density at radius 2 is 1.56 bits per heavy atom. The molecule has 214 valence electrons. The normalized spacial score (nSPS) is 21.1. The Morgan fingerprint density at radius 3 is 2.20 bits per heavy atom. The van der Waals surface area contributed by atoms with E-state index in [0.29, 0.717) is 49.9 Å². The van der Waals surface area contributed by atoms with Crippen molar-refractivity contribution in [3.63, 3.8) is 0 Å². The van der Waals surface area contributed by atoms with Crippen molar-refractivity contribution in [2.45, 2.75) is 43.7 Å². The van der Waals surface area contributed by atoms with Gasteiger partial charge in [-0.3, -0.25) is 9.69 Å². The summed E-state index contributed by atoms with van der Waals surface area (Å²) in [6, 6.07) is 15.8. The van der Waals surface area contributed by atoms with Gasteiger partial charge in [0.15, 0.2) is 0 Å². The van der Waals surface area contributed by atoms with Gasteiger partial charge in [-0.2, -0.15) is 0 Å². The molecule has 0 bridgehead atoms. The number of anilines is 1. The Morgan fingerprint density at radius 1 is 0.878 bits per heavy atom. The number of pyridine rings is 1. The van der Waals surface area contributed by atoms with Gasteiger partial charge in [0.05, 0.1) is 12.2 Å². The highest BCUT2D eigenvalue weighted by Gasteiger charge is 2.48. The molecule has 1 aromatic heterocycles. The first-order valence-corrected chi connectivity index (χ1v) is 14.4. The molecule has 0 N–H and O–H groups in total. The van der Waals surface area contributed by atoms with Gasteiger partial charge < -0.3 is 14.5 Å². The Hall–Kier alpha value is -3.72. The first-order valence-electron chi connectivity index (χ1n) is 14.0. The van der Waals surface area contributed by atoms with Gasteiger partial charge in [0, 0.05) is 49.1 Å². The van der Waals surface area contributed by atoms with Crippen LogP contribution in [0.3, 0.4) is 0 Å². The van der Waals surface area contributed by atoms with Crippen molar-refractivity contribution in [3.8, 4) is 5.75 Å². The fourth-order valence-electron chi connectivity index (χ4n) is 6.02. The maximum Gasteiger partial charge on any atom is 0.415 e. The molecule has 2 aromatic carbocycles. The fraction of sp³-hybridized carbons (Fsp3) is 0.387. The van der Waals surface area contributed by atoms with E-state index in [2.05, 4.69) is 9.88 Å². The van der Waals surface area contributed by atoms with Gasteiger partial charge in [-0.1, -0.05) is 23.7 Å². The fourth-order valence-corrected chi connectivity index (χ4v) is 6.14. The zero-order chi connectivity index (χ0) is 28.5. The summed E-state index contributed by atoms with van der Waals surface area (Å²) in [4.78, 5) is 37.3. The van der Waals surface area contributed by atoms with Crippen molar-refractivity contribution < 1.29 is 23.1 Å². The van der Waals surface area contributed by atoms with Crippen LogP contribution in [0.25, 0.3) is 0 Å². The number of carbonyl (C=O) groups is 2. The molecule has 1 aliphatic carbocycles. The molecule has 1 saturated carbocycles. The van der Waals surface area contributed by atoms with Crippen molar-refractivity contribution >= 4 is 29.4 Å². The Balaban J connectivity index is 1.19. The lowest BCUT2D eigenvalue weighted by Gasteiger charge is -2.34. The predicted molar refractivity (Wildman–Crippen MR) is 151 cm³/mol. The summed E-state index contributed by atoms with van der Waals surface area (Å²) in [5, 5.41) is 0.619. The van der Waals surface area contributed by atoms with Gasteiger partial charge in [0.25, 0.3) is 0 Å². The molecule has 2 atom stereocenters. The van der Waals surface area contributed by atoms with Gasteiger partial charge >= 0.3 is 6.09 Å². The van der Waals surface area contributed by atoms with Crippen molar-refractivity contribution in [2.24, 2.45) is 5.92 Å². The van der Waals surface area contributed by atoms with E-state index >= 15 is 0 Å². The highest BCUT2D eigenvalue weighted by molar-refractivity contribution is 6.30. The molecule has 3 fully saturated rings. The van der Waals surface area contributed by atoms with Crippen molar-refractivity contribution in [2.75, 3.05) is 31.1 Å². The third-order valence-corrected chi connectivity index (χ3v) is 8.56. The van der Waals surface area contributed by atoms with Crippen molar-refractivity contribution in [1.82, 2.24) is 14.8 Å². The molecule has 3 aromatic rings. The molecule has 10 heteroatoms. The summed E-state index contributed by atoms with van der Waals surface area (Å²) in [7, 11) is 0. The molecule has 3 heterocycles. The molecule has 2 amide bonds. The summed E-state index contributed by atoms with van der Waals surface area (Å²) < 4.78 is 32.4. The van der Waals surface area contributed by atoms with Crippen LogP contribution in [0.2, 0.25) is 5.02 Å². The summed E-state index contributed by atoms with van der Waals surface area (Å²) in [5.74, 6) is 0.0362. The van der Waals surface area contributed by atoms with Crippen LogP contribution in [-0.2, 0) is 4.79 Å². The van der Waals surface area contributed by atoms with Crippen LogP contribution < -0.4 is 9.64 Å². The summed E-state index contributed by atoms with van der Waals surface area (Å²) in [6.07, 6.45) is 3.80. The summed E-state index contributed by atoms with van der Waals surface area (Å²) in [6.45, 7) is 2.20. The molecule has 0 spiro atoms. The zero-order valence-electron chi connectivity index (χ0n) is 22.5. The number of amides is 2. The van der Waals surface area contributed by atoms with Crippen LogP contribution in [0.1, 0.15) is 37.2 Å². The highest BCUT2D eigenvalue weighted by atomic mass is 35.5. The molecular weight excluding hydrogens is 550 g/mol. The summed E-state index contributed by atoms with van der Waals surface area (Å²) >= 11 is 6.17. The van der Waals surface area contributed by atoms with E-state index < -0.39 is 11.9 Å². The van der Waals surface area contributed by atoms with Gasteiger partial charge in [0.1, 0.15) is 23.2 Å². The van der Waals surface area contributed by atoms with E-state index in [-0.39, 0.29) is 41.4 Å². The number of aromatic nitrogens is 1. The van der Waals surface area contributed by atoms with E-state index in [0.717, 1.165) is 18.4 Å². The minimum absolute atomic E-state index is 0.0317. The molecule has 2 saturated heterocycles. The van der Waals surface area contributed by atoms with Crippen LogP contribution in [-0.4, -0.2) is 65.0 Å². The number of carbonyl (C=O) groups excluding carboxylic acids is 2. The monoisotopic (exact) mass is 580 g/mol. The molecular formula is C31H31ClF2N4O3. The van der Waals surface area contributed by atoms with Crippen LogP contribution in [0.5, 0.6) is 5.75 Å². The summed E-state index contributed by atoms with van der Waals surface area (Å²) in [5.41, 5.74) is 1.01. The van der Waals surface area contributed by atoms with Gasteiger partial charge in [0.2, 0.25) is 5.91 Å². The molecule has 0 radical (unpaired) electrons. The first kappa shape index (κ1) is 27.4. The van der Waals surface area contributed by atoms with E-state index in [9.17, 15) is 18.4 Å². The van der Waals surface area contributed by atoms with Crippen molar-refractivity contribution in [1.29, 1.82) is 0 Å². The average molecular weight is 581 g/mol. The molecule has 2 aliphatic heterocycles. The Bertz CT molecular complexity index is 1380. The second kappa shape index (κ2) is 11.6. The van der Waals surface area contributed by atoms with Gasteiger partial charge in [-0.05, 0) is 79.8 Å². The minimum atomic E-state index is -0.488. The van der Waals surface area contributed by atoms with Crippen LogP contribution in [0.4, 0.5) is 19.4 Å². The number of ether oxygens (including phenoxy) is 1. The zero-order valence-corrected chi connectivity index (χ0v) is 23.2. The van der Waals surface area contributed by atoms with Gasteiger partial charge in [-0.15, -0.1) is 0 Å². The minimum Gasteiger partial charge on any atom is -0.410 e. The van der Waals surface area contributed by atoms with E-state index in [1.54, 1.807) is 11.0 Å². The predicted octanol–water partition coefficient (Wildman–Crippen LogP) is 5.89. The highest BCUT2D eigenvalue weighted by Crippen LogP contribution is 2.39. The SMILES string of the molecule is O=C(C1CCN(c2ccc(F)cn2)CC1)N1CC(c2ccc(Cl)cc2)[C@H](N(C(=O)Oc2ccc(F)cc2)C2CC2)C1. The van der Waals surface area contributed by atoms with Gasteiger partial charge in [-0.25, -0.2) is 18.6 Å². The molecule has 7 nitrogen and oxygen atoms in total. The maximum atomic E-state index is 13.8. The molecule has 41 heavy (non-hydrogen) atoms. The lowest BCUT2D eigenvalue weighted by atomic mass is 9.93. The lowest BCUT2D eigenvalue weighted by molar-refractivity contribution is -0.135. The largest absolute Gasteiger partial charge is 0.415 e. The maximum absolute atomic E-state index is 13.8. The Labute approximate surface area is 242 Å². The second-order valence-electron chi connectivity index (χ2n) is 11.0. The average Bonchev–Trinajstić information content (AvgIpc) is 3.72. The third-order valence-electron chi connectivity index (χ3n) is 8.31. The van der Waals surface area contributed by atoms with E-state index in [4.69, 9.17) is 16.3 Å². The molecule has 6 rings (SSSR count). The number of nitrogens with zero attached hydrogens (tertiary/aromatic N) is 4. The van der Waals surface area contributed by atoms with Crippen LogP contribution in [0.15, 0.2) is 66.9 Å². The number of hydrogen-bond donors (Lipinski definition) is 0. The second-order valence-corrected chi connectivity index (χ2v) is 11.5. The van der Waals surface area contributed by atoms with Crippen LogP contribution >= 0.6 is 11.6 Å². The topological polar surface area (TPSA) is 66.0 Å². The van der Waals surface area contributed by atoms with E-state index in [1.165, 1.54) is 36.5 Å². The third kappa shape index (κ3) is 6.15. The number of piperidine rings is 1. The smallest absolute Gasteiger partial charge is 0.410 e.